The zero-order valence-electron chi connectivity index (χ0n) is 14.6. The maximum Gasteiger partial charge on any atom is 0.0349 e. The Kier molecular flexibility index (Phi) is 3.62. The molecule has 124 valence electrons. The molecule has 1 aromatic heterocycles. The maximum absolute atomic E-state index is 2.31. The summed E-state index contributed by atoms with van der Waals surface area (Å²) in [4.78, 5) is 1.31. The first-order valence-corrected chi connectivity index (χ1v) is 9.68. The number of rotatable bonds is 2. The smallest absolute Gasteiger partial charge is 0.0349 e. The maximum atomic E-state index is 2.31. The van der Waals surface area contributed by atoms with Gasteiger partial charge in [-0.3, -0.25) is 0 Å². The van der Waals surface area contributed by atoms with Crippen LogP contribution in [0.1, 0.15) is 17.4 Å². The van der Waals surface area contributed by atoms with Crippen molar-refractivity contribution in [2.45, 2.75) is 6.92 Å². The van der Waals surface area contributed by atoms with Crippen LogP contribution in [0.3, 0.4) is 0 Å². The zero-order chi connectivity index (χ0) is 17.5. The monoisotopic (exact) mass is 350 g/mol. The number of hydrogen-bond donors (Lipinski definition) is 0. The van der Waals surface area contributed by atoms with Crippen molar-refractivity contribution < 1.29 is 0 Å². The molecule has 0 aliphatic carbocycles. The zero-order valence-corrected chi connectivity index (χ0v) is 15.4. The van der Waals surface area contributed by atoms with Gasteiger partial charge in [0.1, 0.15) is 0 Å². The first-order valence-electron chi connectivity index (χ1n) is 8.87. The molecule has 1 heteroatoms. The number of fused-ring (bicyclic) bond motifs is 4. The van der Waals surface area contributed by atoms with Crippen molar-refractivity contribution in [3.63, 3.8) is 0 Å². The number of thiophene rings is 1. The fraction of sp³-hybridized carbons (Fsp3) is 0.0400. The summed E-state index contributed by atoms with van der Waals surface area (Å²) in [5.41, 5.74) is 2.58. The van der Waals surface area contributed by atoms with Gasteiger partial charge in [0.2, 0.25) is 0 Å². The predicted octanol–water partition coefficient (Wildman–Crippen LogP) is 7.77. The van der Waals surface area contributed by atoms with Gasteiger partial charge in [-0.1, -0.05) is 66.7 Å². The van der Waals surface area contributed by atoms with Crippen molar-refractivity contribution in [1.29, 1.82) is 0 Å². The van der Waals surface area contributed by atoms with Crippen LogP contribution in [-0.4, -0.2) is 0 Å². The third kappa shape index (κ3) is 2.61. The van der Waals surface area contributed by atoms with E-state index < -0.39 is 0 Å². The fourth-order valence-corrected chi connectivity index (χ4v) is 4.70. The summed E-state index contributed by atoms with van der Waals surface area (Å²) in [5, 5.41) is 6.56. The Morgan fingerprint density at radius 3 is 2.31 bits per heavy atom. The summed E-state index contributed by atoms with van der Waals surface area (Å²) >= 11 is 1.85. The van der Waals surface area contributed by atoms with Gasteiger partial charge in [-0.25, -0.2) is 0 Å². The van der Waals surface area contributed by atoms with Gasteiger partial charge in [0.05, 0.1) is 0 Å². The van der Waals surface area contributed by atoms with Crippen LogP contribution in [0.4, 0.5) is 0 Å². The minimum Gasteiger partial charge on any atom is -0.136 e. The van der Waals surface area contributed by atoms with Crippen LogP contribution in [0.2, 0.25) is 0 Å². The highest BCUT2D eigenvalue weighted by atomic mass is 32.1. The van der Waals surface area contributed by atoms with Crippen molar-refractivity contribution >= 4 is 54.6 Å². The van der Waals surface area contributed by atoms with Gasteiger partial charge in [0.15, 0.2) is 0 Å². The lowest BCUT2D eigenvalue weighted by Gasteiger charge is -2.07. The summed E-state index contributed by atoms with van der Waals surface area (Å²) in [5.74, 6) is 0. The Labute approximate surface area is 157 Å². The van der Waals surface area contributed by atoms with E-state index in [0.29, 0.717) is 0 Å². The second-order valence-corrected chi connectivity index (χ2v) is 7.85. The Bertz CT molecular complexity index is 1250. The van der Waals surface area contributed by atoms with Crippen LogP contribution < -0.4 is 0 Å². The molecule has 4 aromatic carbocycles. The van der Waals surface area contributed by atoms with Gasteiger partial charge in [0.25, 0.3) is 0 Å². The second kappa shape index (κ2) is 6.12. The summed E-state index contributed by atoms with van der Waals surface area (Å²) in [6.07, 6.45) is 2.30. The van der Waals surface area contributed by atoms with Crippen LogP contribution in [0.5, 0.6) is 0 Å². The number of hydrogen-bond acceptors (Lipinski definition) is 1. The molecule has 0 spiro atoms. The molecule has 0 nitrogen and oxygen atoms in total. The highest BCUT2D eigenvalue weighted by Crippen LogP contribution is 2.31. The average molecular weight is 350 g/mol. The van der Waals surface area contributed by atoms with Gasteiger partial charge < -0.3 is 0 Å². The summed E-state index contributed by atoms with van der Waals surface area (Å²) < 4.78 is 1.34. The molecule has 0 fully saturated rings. The van der Waals surface area contributed by atoms with E-state index in [1.807, 2.05) is 11.3 Å². The molecule has 0 amide bonds. The van der Waals surface area contributed by atoms with Gasteiger partial charge in [-0.05, 0) is 69.3 Å². The largest absolute Gasteiger partial charge is 0.136 e. The normalized spacial score (nSPS) is 12.3. The van der Waals surface area contributed by atoms with E-state index in [0.717, 1.165) is 0 Å². The van der Waals surface area contributed by atoms with Crippen LogP contribution in [0, 0.1) is 0 Å². The molecule has 0 radical (unpaired) electrons. The number of benzene rings is 4. The van der Waals surface area contributed by atoms with Crippen molar-refractivity contribution in [1.82, 2.24) is 0 Å². The number of allylic oxidation sites excluding steroid dienone is 1. The molecule has 0 aliphatic heterocycles. The molecule has 0 N–H and O–H groups in total. The van der Waals surface area contributed by atoms with Crippen molar-refractivity contribution in [2.24, 2.45) is 0 Å². The molecule has 5 aromatic rings. The first kappa shape index (κ1) is 15.4. The molecule has 0 saturated heterocycles. The molecular weight excluding hydrogens is 332 g/mol. The van der Waals surface area contributed by atoms with Crippen LogP contribution >= 0.6 is 11.3 Å². The molecule has 0 bridgehead atoms. The molecule has 1 heterocycles. The molecule has 0 atom stereocenters. The van der Waals surface area contributed by atoms with Gasteiger partial charge in [0, 0.05) is 9.58 Å². The quantitative estimate of drug-likeness (QED) is 0.285. The minimum atomic E-state index is 1.28. The highest BCUT2D eigenvalue weighted by molar-refractivity contribution is 7.19. The minimum absolute atomic E-state index is 1.28. The van der Waals surface area contributed by atoms with E-state index in [9.17, 15) is 0 Å². The third-order valence-electron chi connectivity index (χ3n) is 5.00. The summed E-state index contributed by atoms with van der Waals surface area (Å²) in [6, 6.07) is 30.7. The lowest BCUT2D eigenvalue weighted by molar-refractivity contribution is 1.63. The van der Waals surface area contributed by atoms with E-state index in [1.165, 1.54) is 47.6 Å². The molecule has 0 aliphatic rings. The molecule has 26 heavy (non-hydrogen) atoms. The SMILES string of the molecule is C/C(=C\c1cc2ccccc2s1)c1ccc2c(ccc3ccccc32)c1. The van der Waals surface area contributed by atoms with E-state index in [-0.39, 0.29) is 0 Å². The third-order valence-corrected chi connectivity index (χ3v) is 6.07. The molecular formula is C25H18S. The summed E-state index contributed by atoms with van der Waals surface area (Å²) in [7, 11) is 0. The Balaban J connectivity index is 1.60. The van der Waals surface area contributed by atoms with Crippen molar-refractivity contribution in [2.75, 3.05) is 0 Å². The Morgan fingerprint density at radius 1 is 0.692 bits per heavy atom. The Hall–Kier alpha value is -2.90. The van der Waals surface area contributed by atoms with Crippen LogP contribution in [0.25, 0.3) is 43.3 Å². The van der Waals surface area contributed by atoms with E-state index in [1.54, 1.807) is 0 Å². The lowest BCUT2D eigenvalue weighted by Crippen LogP contribution is -1.82. The fourth-order valence-electron chi connectivity index (χ4n) is 3.63. The summed E-state index contributed by atoms with van der Waals surface area (Å²) in [6.45, 7) is 2.20. The van der Waals surface area contributed by atoms with Crippen molar-refractivity contribution in [3.8, 4) is 0 Å². The molecule has 5 rings (SSSR count). The predicted molar refractivity (Wildman–Crippen MR) is 117 cm³/mol. The topological polar surface area (TPSA) is 0 Å². The van der Waals surface area contributed by atoms with Crippen molar-refractivity contribution in [3.05, 3.63) is 95.4 Å². The Morgan fingerprint density at radius 2 is 1.42 bits per heavy atom. The van der Waals surface area contributed by atoms with E-state index in [4.69, 9.17) is 0 Å². The van der Waals surface area contributed by atoms with E-state index in [2.05, 4.69) is 97.9 Å². The lowest BCUT2D eigenvalue weighted by atomic mass is 9.98. The highest BCUT2D eigenvalue weighted by Gasteiger charge is 2.04. The van der Waals surface area contributed by atoms with Gasteiger partial charge >= 0.3 is 0 Å². The average Bonchev–Trinajstić information content (AvgIpc) is 3.09. The second-order valence-electron chi connectivity index (χ2n) is 6.74. The van der Waals surface area contributed by atoms with Gasteiger partial charge in [-0.15, -0.1) is 11.3 Å². The molecule has 0 saturated carbocycles. The molecule has 0 unspecified atom stereocenters. The van der Waals surface area contributed by atoms with Crippen LogP contribution in [-0.2, 0) is 0 Å². The van der Waals surface area contributed by atoms with Crippen LogP contribution in [0.15, 0.2) is 84.9 Å². The first-order chi connectivity index (χ1) is 12.8. The van der Waals surface area contributed by atoms with Gasteiger partial charge in [-0.2, -0.15) is 0 Å². The van der Waals surface area contributed by atoms with E-state index >= 15 is 0 Å². The standard InChI is InChI=1S/C25H18S/c1-17(14-22-16-21-7-3-5-9-25(21)26-22)19-12-13-24-20(15-19)11-10-18-6-2-4-8-23(18)24/h2-16H,1H3/b17-14+.